The second-order valence-corrected chi connectivity index (χ2v) is 7.46. The number of amides is 1. The Balaban J connectivity index is 1.99. The summed E-state index contributed by atoms with van der Waals surface area (Å²) in [6.45, 7) is 1.96. The molecule has 0 fully saturated rings. The van der Waals surface area contributed by atoms with Crippen molar-refractivity contribution in [1.29, 1.82) is 0 Å². The maximum atomic E-state index is 12.6. The molecule has 1 amide bonds. The minimum atomic E-state index is -0.732. The number of benzene rings is 2. The maximum Gasteiger partial charge on any atom is 0.337 e. The molecular formula is C22H25NO5S. The van der Waals surface area contributed by atoms with Gasteiger partial charge in [0.2, 0.25) is 0 Å². The van der Waals surface area contributed by atoms with Crippen LogP contribution in [0.1, 0.15) is 38.3 Å². The van der Waals surface area contributed by atoms with E-state index in [0.717, 1.165) is 11.1 Å². The highest BCUT2D eigenvalue weighted by atomic mass is 32.2. The SMILES string of the molecule is COC(=O)c1ccc(COC(=O)[C@H](CCSC)NC(=O)c2cccc(C)c2)cc1. The van der Waals surface area contributed by atoms with E-state index in [9.17, 15) is 14.4 Å². The van der Waals surface area contributed by atoms with Gasteiger partial charge in [0.1, 0.15) is 12.6 Å². The molecule has 0 heterocycles. The first-order chi connectivity index (χ1) is 13.9. The van der Waals surface area contributed by atoms with Crippen LogP contribution in [0.15, 0.2) is 48.5 Å². The summed E-state index contributed by atoms with van der Waals surface area (Å²) in [7, 11) is 1.32. The average molecular weight is 416 g/mol. The number of methoxy groups -OCH3 is 1. The molecule has 0 unspecified atom stereocenters. The minimum Gasteiger partial charge on any atom is -0.465 e. The molecule has 7 heteroatoms. The van der Waals surface area contributed by atoms with Crippen LogP contribution in [0.4, 0.5) is 0 Å². The standard InChI is InChI=1S/C22H25NO5S/c1-15-5-4-6-18(13-15)20(24)23-19(11-12-29-3)22(26)28-14-16-7-9-17(10-8-16)21(25)27-2/h4-10,13,19H,11-12,14H2,1-3H3,(H,23,24)/t19-/m0/s1. The van der Waals surface area contributed by atoms with Crippen LogP contribution in [-0.2, 0) is 20.9 Å². The Morgan fingerprint density at radius 2 is 1.79 bits per heavy atom. The molecule has 0 saturated carbocycles. The molecule has 0 radical (unpaired) electrons. The monoisotopic (exact) mass is 415 g/mol. The van der Waals surface area contributed by atoms with Crippen molar-refractivity contribution in [3.8, 4) is 0 Å². The van der Waals surface area contributed by atoms with Crippen molar-refractivity contribution < 1.29 is 23.9 Å². The topological polar surface area (TPSA) is 81.7 Å². The highest BCUT2D eigenvalue weighted by Gasteiger charge is 2.22. The molecule has 6 nitrogen and oxygen atoms in total. The van der Waals surface area contributed by atoms with Crippen molar-refractivity contribution in [2.75, 3.05) is 19.1 Å². The molecule has 154 valence electrons. The number of aryl methyl sites for hydroxylation is 1. The molecule has 0 aromatic heterocycles. The minimum absolute atomic E-state index is 0.0520. The lowest BCUT2D eigenvalue weighted by Crippen LogP contribution is -2.42. The predicted octanol–water partition coefficient (Wildman–Crippen LogP) is 3.38. The van der Waals surface area contributed by atoms with Crippen LogP contribution in [0.5, 0.6) is 0 Å². The fourth-order valence-electron chi connectivity index (χ4n) is 2.62. The Morgan fingerprint density at radius 1 is 1.07 bits per heavy atom. The molecule has 29 heavy (non-hydrogen) atoms. The van der Waals surface area contributed by atoms with Crippen molar-refractivity contribution in [3.05, 3.63) is 70.8 Å². The number of nitrogens with one attached hydrogen (secondary N) is 1. The second kappa shape index (κ2) is 11.3. The summed E-state index contributed by atoms with van der Waals surface area (Å²) in [5.41, 5.74) is 2.63. The third-order valence-corrected chi connectivity index (χ3v) is 4.88. The van der Waals surface area contributed by atoms with E-state index in [1.54, 1.807) is 54.2 Å². The van der Waals surface area contributed by atoms with Crippen molar-refractivity contribution in [2.24, 2.45) is 0 Å². The zero-order chi connectivity index (χ0) is 21.2. The predicted molar refractivity (Wildman–Crippen MR) is 113 cm³/mol. The molecule has 0 aliphatic carbocycles. The summed E-state index contributed by atoms with van der Waals surface area (Å²) in [5, 5.41) is 2.78. The van der Waals surface area contributed by atoms with Gasteiger partial charge in [-0.25, -0.2) is 9.59 Å². The van der Waals surface area contributed by atoms with Gasteiger partial charge < -0.3 is 14.8 Å². The molecule has 0 aliphatic heterocycles. The second-order valence-electron chi connectivity index (χ2n) is 6.47. The van der Waals surface area contributed by atoms with Crippen LogP contribution in [0.3, 0.4) is 0 Å². The molecule has 0 spiro atoms. The van der Waals surface area contributed by atoms with Gasteiger partial charge in [0, 0.05) is 5.56 Å². The molecule has 1 atom stereocenters. The Labute approximate surface area is 175 Å². The van der Waals surface area contributed by atoms with Gasteiger partial charge in [0.05, 0.1) is 12.7 Å². The van der Waals surface area contributed by atoms with Crippen LogP contribution in [0.25, 0.3) is 0 Å². The Kier molecular flexibility index (Phi) is 8.73. The van der Waals surface area contributed by atoms with E-state index >= 15 is 0 Å². The summed E-state index contributed by atoms with van der Waals surface area (Å²) >= 11 is 1.59. The summed E-state index contributed by atoms with van der Waals surface area (Å²) in [5.74, 6) is -0.511. The van der Waals surface area contributed by atoms with Gasteiger partial charge in [-0.05, 0) is 55.2 Å². The molecule has 2 aromatic carbocycles. The smallest absolute Gasteiger partial charge is 0.337 e. The Bertz CT molecular complexity index is 851. The summed E-state index contributed by atoms with van der Waals surface area (Å²) in [6, 6.07) is 13.1. The zero-order valence-corrected chi connectivity index (χ0v) is 17.6. The third-order valence-electron chi connectivity index (χ3n) is 4.24. The zero-order valence-electron chi connectivity index (χ0n) is 16.8. The largest absolute Gasteiger partial charge is 0.465 e. The lowest BCUT2D eigenvalue weighted by molar-refractivity contribution is -0.147. The normalized spacial score (nSPS) is 11.4. The van der Waals surface area contributed by atoms with Gasteiger partial charge in [-0.1, -0.05) is 29.8 Å². The first-order valence-corrected chi connectivity index (χ1v) is 10.5. The molecule has 0 aliphatic rings. The van der Waals surface area contributed by atoms with E-state index in [-0.39, 0.29) is 12.5 Å². The van der Waals surface area contributed by atoms with Gasteiger partial charge in [-0.15, -0.1) is 0 Å². The van der Waals surface area contributed by atoms with Crippen molar-refractivity contribution in [3.63, 3.8) is 0 Å². The number of rotatable bonds is 9. The van der Waals surface area contributed by atoms with E-state index in [1.807, 2.05) is 19.2 Å². The number of carbonyl (C=O) groups excluding carboxylic acids is 3. The Hall–Kier alpha value is -2.80. The van der Waals surface area contributed by atoms with Gasteiger partial charge in [-0.3, -0.25) is 4.79 Å². The van der Waals surface area contributed by atoms with Crippen molar-refractivity contribution >= 4 is 29.6 Å². The lowest BCUT2D eigenvalue weighted by Gasteiger charge is -2.17. The fourth-order valence-corrected chi connectivity index (χ4v) is 3.09. The number of hydrogen-bond acceptors (Lipinski definition) is 6. The Morgan fingerprint density at radius 3 is 2.41 bits per heavy atom. The fraction of sp³-hybridized carbons (Fsp3) is 0.318. The summed E-state index contributed by atoms with van der Waals surface area (Å²) < 4.78 is 10.1. The van der Waals surface area contributed by atoms with Gasteiger partial charge in [-0.2, -0.15) is 11.8 Å². The molecule has 0 saturated heterocycles. The summed E-state index contributed by atoms with van der Waals surface area (Å²) in [4.78, 5) is 36.5. The van der Waals surface area contributed by atoms with E-state index < -0.39 is 18.0 Å². The number of hydrogen-bond donors (Lipinski definition) is 1. The molecule has 2 rings (SSSR count). The van der Waals surface area contributed by atoms with Crippen LogP contribution < -0.4 is 5.32 Å². The van der Waals surface area contributed by atoms with Gasteiger partial charge in [0.15, 0.2) is 0 Å². The lowest BCUT2D eigenvalue weighted by atomic mass is 10.1. The van der Waals surface area contributed by atoms with Crippen LogP contribution in [0, 0.1) is 6.92 Å². The van der Waals surface area contributed by atoms with Crippen molar-refractivity contribution in [2.45, 2.75) is 26.0 Å². The highest BCUT2D eigenvalue weighted by molar-refractivity contribution is 7.98. The maximum absolute atomic E-state index is 12.6. The van der Waals surface area contributed by atoms with Gasteiger partial charge >= 0.3 is 11.9 Å². The van der Waals surface area contributed by atoms with Crippen LogP contribution in [0.2, 0.25) is 0 Å². The molecule has 0 bridgehead atoms. The number of carbonyl (C=O) groups is 3. The number of thioether (sulfide) groups is 1. The number of esters is 2. The number of ether oxygens (including phenoxy) is 2. The van der Waals surface area contributed by atoms with Gasteiger partial charge in [0.25, 0.3) is 5.91 Å². The summed E-state index contributed by atoms with van der Waals surface area (Å²) in [6.07, 6.45) is 2.41. The van der Waals surface area contributed by atoms with Crippen LogP contribution >= 0.6 is 11.8 Å². The molecule has 1 N–H and O–H groups in total. The van der Waals surface area contributed by atoms with E-state index in [0.29, 0.717) is 23.3 Å². The molecular weight excluding hydrogens is 390 g/mol. The molecule has 2 aromatic rings. The quantitative estimate of drug-likeness (QED) is 0.633. The van der Waals surface area contributed by atoms with Crippen molar-refractivity contribution in [1.82, 2.24) is 5.32 Å². The first kappa shape index (κ1) is 22.5. The van der Waals surface area contributed by atoms with Crippen LogP contribution in [-0.4, -0.2) is 43.0 Å². The van der Waals surface area contributed by atoms with E-state index in [2.05, 4.69) is 10.1 Å². The first-order valence-electron chi connectivity index (χ1n) is 9.15. The highest BCUT2D eigenvalue weighted by Crippen LogP contribution is 2.10. The average Bonchev–Trinajstić information content (AvgIpc) is 2.74. The third kappa shape index (κ3) is 6.94. The van der Waals surface area contributed by atoms with E-state index in [1.165, 1.54) is 7.11 Å². The van der Waals surface area contributed by atoms with E-state index in [4.69, 9.17) is 4.74 Å².